The summed E-state index contributed by atoms with van der Waals surface area (Å²) in [5.74, 6) is 0. The third kappa shape index (κ3) is 11.4. The van der Waals surface area contributed by atoms with Gasteiger partial charge in [-0.2, -0.15) is 0 Å². The predicted molar refractivity (Wildman–Crippen MR) is 133 cm³/mol. The van der Waals surface area contributed by atoms with Crippen LogP contribution in [0.5, 0.6) is 0 Å². The fourth-order valence-electron chi connectivity index (χ4n) is 2.90. The molecule has 0 radical (unpaired) electrons. The number of aliphatic hydroxyl groups excluding tert-OH is 1. The summed E-state index contributed by atoms with van der Waals surface area (Å²) in [6, 6.07) is 0.847. The molecule has 0 fully saturated rings. The second-order valence-corrected chi connectivity index (χ2v) is 9.73. The van der Waals surface area contributed by atoms with Gasteiger partial charge in [0.25, 0.3) is 5.56 Å². The highest BCUT2D eigenvalue weighted by Crippen LogP contribution is 2.50. The molecule has 3 atom stereocenters. The molecule has 0 saturated carbocycles. The summed E-state index contributed by atoms with van der Waals surface area (Å²) in [6.45, 7) is -4.49. The number of nitrogens with one attached hydrogen (secondary N) is 1. The van der Waals surface area contributed by atoms with Crippen LogP contribution in [-0.2, 0) is 57.0 Å². The summed E-state index contributed by atoms with van der Waals surface area (Å²) < 4.78 is 75.6. The molecule has 0 saturated heterocycles. The zero-order chi connectivity index (χ0) is 31.8. The van der Waals surface area contributed by atoms with Crippen molar-refractivity contribution in [1.29, 1.82) is 0 Å². The topological polar surface area (TPSA) is 239 Å². The number of hydrogen-bond donors (Lipinski definition) is 3. The molecule has 19 nitrogen and oxygen atoms in total. The Kier molecular flexibility index (Phi) is 15.8. The van der Waals surface area contributed by atoms with Gasteiger partial charge in [0.2, 0.25) is 13.6 Å². The largest absolute Gasteiger partial charge is 0.510 e. The van der Waals surface area contributed by atoms with E-state index >= 15 is 0 Å². The second kappa shape index (κ2) is 17.9. The second-order valence-electron chi connectivity index (χ2n) is 8.07. The van der Waals surface area contributed by atoms with Crippen LogP contribution in [0.2, 0.25) is 0 Å². The Labute approximate surface area is 237 Å². The minimum Gasteiger partial charge on any atom is -0.432 e. The number of hydrogen-bond acceptors (Lipinski definition) is 17. The van der Waals surface area contributed by atoms with E-state index in [0.717, 1.165) is 26.3 Å². The van der Waals surface area contributed by atoms with E-state index in [2.05, 4.69) is 18.9 Å². The molecule has 1 aromatic heterocycles. The fourth-order valence-corrected chi connectivity index (χ4v) is 3.86. The molecule has 0 aliphatic heterocycles. The quantitative estimate of drug-likeness (QED) is 0.0713. The summed E-state index contributed by atoms with van der Waals surface area (Å²) in [6.07, 6.45) is -4.07. The third-order valence-corrected chi connectivity index (χ3v) is 6.51. The molecule has 0 aliphatic carbocycles. The lowest BCUT2D eigenvalue weighted by Gasteiger charge is -2.41. The van der Waals surface area contributed by atoms with E-state index in [-0.39, 0.29) is 26.4 Å². The lowest BCUT2D eigenvalue weighted by Crippen LogP contribution is -2.62. The Bertz CT molecular complexity index is 1110. The number of alkyl halides is 1. The van der Waals surface area contributed by atoms with E-state index in [1.165, 1.54) is 14.2 Å². The molecule has 0 unspecified atom stereocenters. The highest BCUT2D eigenvalue weighted by Gasteiger charge is 2.51. The van der Waals surface area contributed by atoms with Crippen molar-refractivity contribution in [2.24, 2.45) is 0 Å². The monoisotopic (exact) mass is 636 g/mol. The molecular weight excluding hydrogens is 602 g/mol. The van der Waals surface area contributed by atoms with Gasteiger partial charge in [0.1, 0.15) is 26.0 Å². The number of aromatic nitrogens is 2. The Morgan fingerprint density at radius 1 is 0.976 bits per heavy atom. The summed E-state index contributed by atoms with van der Waals surface area (Å²) >= 11 is 0. The number of nitrogens with zero attached hydrogens (tertiary/aromatic N) is 1. The SMILES string of the molecule is COCCOC(=O)OCOP(=O)(OCOC(=O)OCCOC)OC[C@@](CF)(OC)[C@@H](O)[C@@](C)(O)n1ccc(=O)[nH]c1=O. The number of phosphoric ester groups is 1. The third-order valence-electron chi connectivity index (χ3n) is 5.22. The molecule has 0 amide bonds. The number of H-pyrrole nitrogens is 1. The zero-order valence-corrected chi connectivity index (χ0v) is 24.1. The number of methoxy groups -OCH3 is 3. The van der Waals surface area contributed by atoms with Crippen molar-refractivity contribution in [2.75, 3.05) is 74.6 Å². The van der Waals surface area contributed by atoms with Crippen LogP contribution in [0.25, 0.3) is 0 Å². The zero-order valence-electron chi connectivity index (χ0n) is 23.2. The fraction of sp³-hybridized carbons (Fsp3) is 0.714. The molecule has 0 spiro atoms. The molecule has 0 bridgehead atoms. The number of halogens is 1. The van der Waals surface area contributed by atoms with Gasteiger partial charge in [-0.25, -0.2) is 32.4 Å². The molecule has 3 N–H and O–H groups in total. The summed E-state index contributed by atoms with van der Waals surface area (Å²) in [7, 11) is -1.37. The van der Waals surface area contributed by atoms with Gasteiger partial charge < -0.3 is 43.4 Å². The van der Waals surface area contributed by atoms with Crippen molar-refractivity contribution < 1.29 is 75.5 Å². The highest BCUT2D eigenvalue weighted by molar-refractivity contribution is 7.48. The van der Waals surface area contributed by atoms with Crippen molar-refractivity contribution in [3.05, 3.63) is 33.1 Å². The number of carbonyl (C=O) groups is 2. The van der Waals surface area contributed by atoms with E-state index in [4.69, 9.17) is 27.8 Å². The van der Waals surface area contributed by atoms with E-state index < -0.39 is 75.7 Å². The van der Waals surface area contributed by atoms with Gasteiger partial charge in [-0.05, 0) is 6.92 Å². The number of aromatic amines is 1. The molecule has 1 rings (SSSR count). The molecule has 242 valence electrons. The first-order chi connectivity index (χ1) is 19.8. The number of phosphoric acid groups is 1. The maximum atomic E-state index is 14.4. The van der Waals surface area contributed by atoms with Crippen LogP contribution in [0.15, 0.2) is 21.9 Å². The number of carbonyl (C=O) groups excluding carboxylic acids is 2. The number of ether oxygens (including phenoxy) is 7. The first-order valence-corrected chi connectivity index (χ1v) is 13.2. The lowest BCUT2D eigenvalue weighted by molar-refractivity contribution is -0.228. The molecule has 1 heterocycles. The van der Waals surface area contributed by atoms with Gasteiger partial charge >= 0.3 is 25.8 Å². The summed E-state index contributed by atoms with van der Waals surface area (Å²) in [4.78, 5) is 48.6. The van der Waals surface area contributed by atoms with Gasteiger partial charge in [-0.1, -0.05) is 0 Å². The molecule has 1 aromatic rings. The standard InChI is InChI=1S/C21H34FN2O17P/c1-20(30,24-6-5-15(25)23-17(24)27)16(26)21(11-22,34-4)12-39-42(31,40-13-37-18(28)35-9-7-32-2)41-14-38-19(29)36-10-8-33-3/h5-6,16,26,30H,7-14H2,1-4H3,(H,23,25,27)/t16-,20+,21+/m0/s1. The molecule has 42 heavy (non-hydrogen) atoms. The normalized spacial score (nSPS) is 15.2. The first kappa shape index (κ1) is 37.1. The molecule has 21 heteroatoms. The van der Waals surface area contributed by atoms with E-state index in [1.54, 1.807) is 0 Å². The minimum absolute atomic E-state index is 0.0398. The van der Waals surface area contributed by atoms with Crippen molar-refractivity contribution >= 4 is 20.1 Å². The highest BCUT2D eigenvalue weighted by atomic mass is 31.2. The van der Waals surface area contributed by atoms with Crippen molar-refractivity contribution in [1.82, 2.24) is 9.55 Å². The van der Waals surface area contributed by atoms with Crippen molar-refractivity contribution in [2.45, 2.75) is 24.4 Å². The van der Waals surface area contributed by atoms with Crippen LogP contribution in [0, 0.1) is 0 Å². The Morgan fingerprint density at radius 2 is 1.50 bits per heavy atom. The van der Waals surface area contributed by atoms with E-state index in [1.807, 2.05) is 4.98 Å². The Balaban J connectivity index is 3.09. The van der Waals surface area contributed by atoms with Crippen LogP contribution < -0.4 is 11.2 Å². The van der Waals surface area contributed by atoms with Gasteiger partial charge in [-0.15, -0.1) is 0 Å². The van der Waals surface area contributed by atoms with Crippen molar-refractivity contribution in [3.63, 3.8) is 0 Å². The maximum absolute atomic E-state index is 14.4. The van der Waals surface area contributed by atoms with Gasteiger partial charge in [0, 0.05) is 33.6 Å². The summed E-state index contributed by atoms with van der Waals surface area (Å²) in [5.41, 5.74) is -7.21. The molecule has 0 aliphatic rings. The minimum atomic E-state index is -4.97. The van der Waals surface area contributed by atoms with Crippen molar-refractivity contribution in [3.8, 4) is 0 Å². The van der Waals surface area contributed by atoms with Crippen LogP contribution in [0.1, 0.15) is 6.92 Å². The van der Waals surface area contributed by atoms with Crippen LogP contribution in [0.4, 0.5) is 14.0 Å². The number of rotatable bonds is 20. The summed E-state index contributed by atoms with van der Waals surface area (Å²) in [5, 5.41) is 21.9. The van der Waals surface area contributed by atoms with E-state index in [0.29, 0.717) is 4.57 Å². The Hall–Kier alpha value is -2.94. The lowest BCUT2D eigenvalue weighted by atomic mass is 9.90. The molecule has 0 aromatic carbocycles. The predicted octanol–water partition coefficient (Wildman–Crippen LogP) is -0.411. The maximum Gasteiger partial charge on any atom is 0.510 e. The van der Waals surface area contributed by atoms with Crippen LogP contribution in [0.3, 0.4) is 0 Å². The van der Waals surface area contributed by atoms with Gasteiger partial charge in [-0.3, -0.25) is 18.9 Å². The van der Waals surface area contributed by atoms with Gasteiger partial charge in [0.15, 0.2) is 11.3 Å². The van der Waals surface area contributed by atoms with E-state index in [9.17, 15) is 38.3 Å². The average molecular weight is 636 g/mol. The average Bonchev–Trinajstić information content (AvgIpc) is 2.94. The van der Waals surface area contributed by atoms with Crippen LogP contribution >= 0.6 is 7.82 Å². The Morgan fingerprint density at radius 3 is 1.93 bits per heavy atom. The smallest absolute Gasteiger partial charge is 0.432 e. The molecular formula is C21H34FN2O17P. The number of aliphatic hydroxyl groups is 2. The first-order valence-electron chi connectivity index (χ1n) is 11.8. The van der Waals surface area contributed by atoms with Gasteiger partial charge in [0.05, 0.1) is 19.8 Å². The van der Waals surface area contributed by atoms with Crippen LogP contribution in [-0.4, -0.2) is 118 Å².